The summed E-state index contributed by atoms with van der Waals surface area (Å²) in [6.45, 7) is 7.63. The van der Waals surface area contributed by atoms with Gasteiger partial charge in [0.15, 0.2) is 0 Å². The Morgan fingerprint density at radius 1 is 1.15 bits per heavy atom. The van der Waals surface area contributed by atoms with Gasteiger partial charge < -0.3 is 9.47 Å². The molecule has 0 unspecified atom stereocenters. The maximum atomic E-state index is 12.7. The third-order valence-corrected chi connectivity index (χ3v) is 2.59. The lowest BCUT2D eigenvalue weighted by molar-refractivity contribution is -0.219. The van der Waals surface area contributed by atoms with E-state index in [2.05, 4.69) is 5.10 Å². The predicted octanol–water partition coefficient (Wildman–Crippen LogP) is 3.62. The zero-order valence-corrected chi connectivity index (χ0v) is 12.4. The summed E-state index contributed by atoms with van der Waals surface area (Å²) in [5, 5.41) is 4.00. The van der Waals surface area contributed by atoms with Gasteiger partial charge in [-0.1, -0.05) is 0 Å². The van der Waals surface area contributed by atoms with Crippen LogP contribution in [0, 0.1) is 5.41 Å². The maximum absolute atomic E-state index is 12.7. The number of hydrogen-bond donors (Lipinski definition) is 0. The van der Waals surface area contributed by atoms with Crippen LogP contribution < -0.4 is 4.74 Å². The molecule has 7 heteroatoms. The van der Waals surface area contributed by atoms with Gasteiger partial charge in [0.25, 0.3) is 0 Å². The lowest BCUT2D eigenvalue weighted by Crippen LogP contribution is -2.37. The van der Waals surface area contributed by atoms with E-state index < -0.39 is 18.2 Å². The fourth-order valence-corrected chi connectivity index (χ4v) is 1.09. The van der Waals surface area contributed by atoms with Crippen LogP contribution in [0.25, 0.3) is 0 Å². The molecule has 1 heterocycles. The molecular weight excluding hydrogens is 273 g/mol. The van der Waals surface area contributed by atoms with Gasteiger partial charge in [0.05, 0.1) is 11.0 Å². The molecule has 0 aliphatic rings. The van der Waals surface area contributed by atoms with Gasteiger partial charge in [0.1, 0.15) is 13.3 Å². The summed E-state index contributed by atoms with van der Waals surface area (Å²) in [5.41, 5.74) is -2.23. The molecule has 0 fully saturated rings. The third kappa shape index (κ3) is 5.03. The number of hydrogen-bond acceptors (Lipinski definition) is 3. The second-order valence-electron chi connectivity index (χ2n) is 6.25. The van der Waals surface area contributed by atoms with Gasteiger partial charge in [-0.15, -0.1) is 5.10 Å². The molecule has 0 N–H and O–H groups in total. The van der Waals surface area contributed by atoms with Crippen molar-refractivity contribution in [2.24, 2.45) is 5.41 Å². The first kappa shape index (κ1) is 16.8. The number of halogens is 3. The molecule has 0 bridgehead atoms. The molecular formula is C13H21F3N2O2. The molecule has 20 heavy (non-hydrogen) atoms. The lowest BCUT2D eigenvalue weighted by Gasteiger charge is -2.26. The minimum Gasteiger partial charge on any atom is -0.476 e. The van der Waals surface area contributed by atoms with Crippen molar-refractivity contribution in [1.29, 1.82) is 0 Å². The molecule has 1 aromatic rings. The number of alkyl halides is 3. The molecule has 4 nitrogen and oxygen atoms in total. The summed E-state index contributed by atoms with van der Waals surface area (Å²) in [5.74, 6) is 0.153. The Labute approximate surface area is 116 Å². The topological polar surface area (TPSA) is 36.3 Å². The molecule has 0 saturated carbocycles. The molecule has 0 aliphatic carbocycles. The van der Waals surface area contributed by atoms with Crippen LogP contribution in [0.3, 0.4) is 0 Å². The predicted molar refractivity (Wildman–Crippen MR) is 68.4 cm³/mol. The Morgan fingerprint density at radius 3 is 2.25 bits per heavy atom. The molecule has 0 radical (unpaired) electrons. The van der Waals surface area contributed by atoms with E-state index in [1.54, 1.807) is 6.20 Å². The highest BCUT2D eigenvalue weighted by atomic mass is 19.4. The van der Waals surface area contributed by atoms with Gasteiger partial charge in [0.2, 0.25) is 5.88 Å². The van der Waals surface area contributed by atoms with Gasteiger partial charge >= 0.3 is 6.18 Å². The first-order valence-electron chi connectivity index (χ1n) is 6.28. The SMILES string of the molecule is CC(C)(C)OCn1ccc(OCC(C)(C)C(F)(F)F)n1. The average molecular weight is 294 g/mol. The maximum Gasteiger partial charge on any atom is 0.397 e. The monoisotopic (exact) mass is 294 g/mol. The van der Waals surface area contributed by atoms with Crippen LogP contribution in [-0.2, 0) is 11.5 Å². The number of rotatable bonds is 5. The van der Waals surface area contributed by atoms with Gasteiger partial charge in [-0.05, 0) is 34.6 Å². The first-order chi connectivity index (χ1) is 8.91. The fourth-order valence-electron chi connectivity index (χ4n) is 1.09. The van der Waals surface area contributed by atoms with Crippen LogP contribution in [0.1, 0.15) is 34.6 Å². The van der Waals surface area contributed by atoms with Crippen molar-refractivity contribution in [1.82, 2.24) is 9.78 Å². The van der Waals surface area contributed by atoms with Crippen molar-refractivity contribution >= 4 is 0 Å². The molecule has 0 saturated heterocycles. The molecule has 1 rings (SSSR count). The van der Waals surface area contributed by atoms with E-state index >= 15 is 0 Å². The summed E-state index contributed by atoms with van der Waals surface area (Å²) >= 11 is 0. The van der Waals surface area contributed by atoms with E-state index in [0.29, 0.717) is 0 Å². The van der Waals surface area contributed by atoms with E-state index in [1.807, 2.05) is 20.8 Å². The van der Waals surface area contributed by atoms with Gasteiger partial charge in [-0.25, -0.2) is 4.68 Å². The lowest BCUT2D eigenvalue weighted by atomic mass is 9.94. The zero-order chi connectivity index (χ0) is 15.6. The third-order valence-electron chi connectivity index (χ3n) is 2.59. The summed E-state index contributed by atoms with van der Waals surface area (Å²) in [7, 11) is 0. The van der Waals surface area contributed by atoms with Crippen LogP contribution in [-0.4, -0.2) is 28.2 Å². The van der Waals surface area contributed by atoms with Crippen molar-refractivity contribution in [3.8, 4) is 5.88 Å². The highest BCUT2D eigenvalue weighted by Crippen LogP contribution is 2.37. The molecule has 0 aromatic carbocycles. The van der Waals surface area contributed by atoms with Crippen molar-refractivity contribution in [2.75, 3.05) is 6.61 Å². The van der Waals surface area contributed by atoms with Gasteiger partial charge in [-0.3, -0.25) is 0 Å². The van der Waals surface area contributed by atoms with Crippen LogP contribution in [0.2, 0.25) is 0 Å². The van der Waals surface area contributed by atoms with Crippen molar-refractivity contribution < 1.29 is 22.6 Å². The smallest absolute Gasteiger partial charge is 0.397 e. The molecule has 0 aliphatic heterocycles. The highest BCUT2D eigenvalue weighted by molar-refractivity contribution is 5.05. The summed E-state index contributed by atoms with van der Waals surface area (Å²) in [4.78, 5) is 0. The first-order valence-corrected chi connectivity index (χ1v) is 6.28. The number of nitrogens with zero attached hydrogens (tertiary/aromatic N) is 2. The largest absolute Gasteiger partial charge is 0.476 e. The average Bonchev–Trinajstić information content (AvgIpc) is 2.69. The van der Waals surface area contributed by atoms with Crippen LogP contribution in [0.4, 0.5) is 13.2 Å². The van der Waals surface area contributed by atoms with Crippen LogP contribution >= 0.6 is 0 Å². The van der Waals surface area contributed by atoms with Gasteiger partial charge in [-0.2, -0.15) is 13.2 Å². The molecule has 0 atom stereocenters. The standard InChI is InChI=1S/C13H21F3N2O2/c1-11(2,3)20-9-18-7-6-10(17-18)19-8-12(4,5)13(14,15)16/h6-7H,8-9H2,1-5H3. The molecule has 116 valence electrons. The van der Waals surface area contributed by atoms with Crippen molar-refractivity contribution in [2.45, 2.75) is 53.1 Å². The summed E-state index contributed by atoms with van der Waals surface area (Å²) in [6.07, 6.45) is -2.72. The highest BCUT2D eigenvalue weighted by Gasteiger charge is 2.48. The quantitative estimate of drug-likeness (QED) is 0.832. The van der Waals surface area contributed by atoms with Crippen LogP contribution in [0.5, 0.6) is 5.88 Å². The fraction of sp³-hybridized carbons (Fsp3) is 0.769. The molecule has 0 spiro atoms. The normalized spacial score (nSPS) is 13.6. The Morgan fingerprint density at radius 2 is 1.75 bits per heavy atom. The van der Waals surface area contributed by atoms with E-state index in [-0.39, 0.29) is 18.2 Å². The summed E-state index contributed by atoms with van der Waals surface area (Å²) in [6, 6.07) is 1.51. The Kier molecular flexibility index (Phi) is 4.74. The van der Waals surface area contributed by atoms with E-state index in [4.69, 9.17) is 9.47 Å². The van der Waals surface area contributed by atoms with E-state index in [0.717, 1.165) is 13.8 Å². The van der Waals surface area contributed by atoms with E-state index in [1.165, 1.54) is 10.7 Å². The second-order valence-corrected chi connectivity index (χ2v) is 6.25. The Bertz CT molecular complexity index is 434. The zero-order valence-electron chi connectivity index (χ0n) is 12.4. The molecule has 0 amide bonds. The second kappa shape index (κ2) is 5.63. The van der Waals surface area contributed by atoms with E-state index in [9.17, 15) is 13.2 Å². The minimum absolute atomic E-state index is 0.153. The Hall–Kier alpha value is -1.24. The number of aromatic nitrogens is 2. The van der Waals surface area contributed by atoms with Gasteiger partial charge in [0, 0.05) is 12.3 Å². The van der Waals surface area contributed by atoms with Crippen molar-refractivity contribution in [3.63, 3.8) is 0 Å². The summed E-state index contributed by atoms with van der Waals surface area (Å²) < 4.78 is 50.1. The Balaban J connectivity index is 2.53. The van der Waals surface area contributed by atoms with Crippen molar-refractivity contribution in [3.05, 3.63) is 12.3 Å². The number of ether oxygens (including phenoxy) is 2. The minimum atomic E-state index is -4.31. The van der Waals surface area contributed by atoms with Crippen LogP contribution in [0.15, 0.2) is 12.3 Å². The molecule has 1 aromatic heterocycles.